The molecule has 3 atom stereocenters. The zero-order valence-corrected chi connectivity index (χ0v) is 21.8. The Hall–Kier alpha value is -3.02. The van der Waals surface area contributed by atoms with E-state index in [1.165, 1.54) is 35.2 Å². The van der Waals surface area contributed by atoms with Gasteiger partial charge in [-0.3, -0.25) is 19.8 Å². The third-order valence-corrected chi connectivity index (χ3v) is 7.49. The summed E-state index contributed by atoms with van der Waals surface area (Å²) in [5.74, 6) is -1.68. The highest BCUT2D eigenvalue weighted by Crippen LogP contribution is 2.33. The monoisotopic (exact) mass is 519 g/mol. The highest BCUT2D eigenvalue weighted by molar-refractivity contribution is 5.90. The molecule has 0 aromatic heterocycles. The van der Waals surface area contributed by atoms with Gasteiger partial charge in [-0.15, -0.1) is 0 Å². The molecule has 3 rings (SSSR count). The topological polar surface area (TPSA) is 131 Å². The third-order valence-electron chi connectivity index (χ3n) is 7.49. The Morgan fingerprint density at radius 3 is 2.43 bits per heavy atom. The van der Waals surface area contributed by atoms with Crippen molar-refractivity contribution in [3.8, 4) is 0 Å². The third kappa shape index (κ3) is 6.65. The van der Waals surface area contributed by atoms with Gasteiger partial charge in [-0.05, 0) is 57.7 Å². The molecule has 0 bridgehead atoms. The van der Waals surface area contributed by atoms with E-state index in [4.69, 9.17) is 14.2 Å². The lowest BCUT2D eigenvalue weighted by Crippen LogP contribution is -2.73. The lowest BCUT2D eigenvalue weighted by atomic mass is 9.99. The molecule has 11 nitrogen and oxygen atoms in total. The fourth-order valence-corrected chi connectivity index (χ4v) is 5.00. The van der Waals surface area contributed by atoms with E-state index < -0.39 is 29.0 Å². The Bertz CT molecular complexity index is 962. The number of esters is 1. The molecule has 2 aliphatic heterocycles. The maximum atomic E-state index is 13.3. The standard InChI is InChI=1S/C26H37N3O8/c1-4-29(5-2,6-3)22-17-23(31)27(22)25(21(30)14-16-36-24-9-7-8-15-35-24)26(32)37-18-19-10-12-20(13-11-19)28(33)34/h10-14,22,24-25H,4-9,15-18H2,1-3H3. The van der Waals surface area contributed by atoms with Crippen LogP contribution in [-0.4, -0.2) is 77.5 Å². The molecule has 0 radical (unpaired) electrons. The molecular weight excluding hydrogens is 482 g/mol. The van der Waals surface area contributed by atoms with Gasteiger partial charge >= 0.3 is 5.97 Å². The normalized spacial score (nSPS) is 21.3. The Labute approximate surface area is 217 Å². The molecule has 1 amide bonds. The number of ether oxygens (including phenoxy) is 3. The summed E-state index contributed by atoms with van der Waals surface area (Å²) in [4.78, 5) is 37.8. The molecule has 0 spiro atoms. The van der Waals surface area contributed by atoms with Gasteiger partial charge in [0.1, 0.15) is 12.6 Å². The van der Waals surface area contributed by atoms with Crippen LogP contribution < -0.4 is 5.11 Å². The highest BCUT2D eigenvalue weighted by Gasteiger charge is 2.53. The predicted molar refractivity (Wildman–Crippen MR) is 131 cm³/mol. The van der Waals surface area contributed by atoms with Crippen molar-refractivity contribution >= 4 is 17.6 Å². The first-order chi connectivity index (χ1) is 17.8. The Morgan fingerprint density at radius 1 is 1.22 bits per heavy atom. The van der Waals surface area contributed by atoms with Gasteiger partial charge in [-0.25, -0.2) is 4.79 Å². The van der Waals surface area contributed by atoms with Crippen molar-refractivity contribution in [3.05, 3.63) is 51.8 Å². The largest absolute Gasteiger partial charge is 0.874 e. The number of carbonyl (C=O) groups is 2. The van der Waals surface area contributed by atoms with Gasteiger partial charge in [0, 0.05) is 18.7 Å². The minimum atomic E-state index is -1.43. The minimum Gasteiger partial charge on any atom is -0.874 e. The van der Waals surface area contributed by atoms with Crippen molar-refractivity contribution < 1.29 is 38.3 Å². The van der Waals surface area contributed by atoms with Crippen LogP contribution in [0.2, 0.25) is 0 Å². The second-order valence-corrected chi connectivity index (χ2v) is 9.32. The number of nitrogens with zero attached hydrogens (tertiary/aromatic N) is 3. The minimum absolute atomic E-state index is 0.0440. The van der Waals surface area contributed by atoms with Crippen LogP contribution in [0.4, 0.5) is 5.69 Å². The smallest absolute Gasteiger partial charge is 0.332 e. The molecule has 37 heavy (non-hydrogen) atoms. The SMILES string of the molecule is CC[N+](CC)(CC)C1CC(=O)N1C(C(=O)OCc1ccc([N+](=O)[O-])cc1)C([O-])=CCOC1CCCCO1. The zero-order valence-electron chi connectivity index (χ0n) is 21.8. The summed E-state index contributed by atoms with van der Waals surface area (Å²) in [6.45, 7) is 8.69. The van der Waals surface area contributed by atoms with Gasteiger partial charge in [0.25, 0.3) is 5.69 Å². The van der Waals surface area contributed by atoms with E-state index in [1.807, 2.05) is 20.8 Å². The van der Waals surface area contributed by atoms with Gasteiger partial charge in [0.05, 0.1) is 37.6 Å². The van der Waals surface area contributed by atoms with Crippen LogP contribution in [0.3, 0.4) is 0 Å². The van der Waals surface area contributed by atoms with Gasteiger partial charge in [-0.2, -0.15) is 0 Å². The van der Waals surface area contributed by atoms with E-state index >= 15 is 0 Å². The highest BCUT2D eigenvalue weighted by atomic mass is 16.7. The fraction of sp³-hybridized carbons (Fsp3) is 0.615. The molecule has 2 saturated heterocycles. The van der Waals surface area contributed by atoms with Crippen molar-refractivity contribution in [2.24, 2.45) is 0 Å². The summed E-state index contributed by atoms with van der Waals surface area (Å²) in [5, 5.41) is 24.2. The number of rotatable bonds is 13. The number of likely N-dealkylation sites (tertiary alicyclic amines) is 1. The molecule has 0 saturated carbocycles. The molecule has 3 unspecified atom stereocenters. The van der Waals surface area contributed by atoms with Crippen molar-refractivity contribution in [1.82, 2.24) is 4.90 Å². The summed E-state index contributed by atoms with van der Waals surface area (Å²) < 4.78 is 17.2. The molecule has 2 aliphatic rings. The first-order valence-electron chi connectivity index (χ1n) is 12.9. The van der Waals surface area contributed by atoms with Crippen LogP contribution in [-0.2, 0) is 30.4 Å². The number of hydrogen-bond donors (Lipinski definition) is 0. The maximum Gasteiger partial charge on any atom is 0.332 e. The molecule has 2 heterocycles. The lowest BCUT2D eigenvalue weighted by molar-refractivity contribution is -0.959. The molecule has 0 N–H and O–H groups in total. The van der Waals surface area contributed by atoms with Crippen molar-refractivity contribution in [2.45, 2.75) is 71.6 Å². The summed E-state index contributed by atoms with van der Waals surface area (Å²) in [6, 6.07) is 4.17. The second kappa shape index (κ2) is 13.0. The predicted octanol–water partition coefficient (Wildman–Crippen LogP) is 2.23. The van der Waals surface area contributed by atoms with Crippen molar-refractivity contribution in [3.63, 3.8) is 0 Å². The van der Waals surface area contributed by atoms with Gasteiger partial charge in [-0.1, -0.05) is 11.8 Å². The molecule has 0 aliphatic carbocycles. The molecule has 2 fully saturated rings. The van der Waals surface area contributed by atoms with Gasteiger partial charge < -0.3 is 23.8 Å². The number of carbonyl (C=O) groups excluding carboxylic acids is 2. The van der Waals surface area contributed by atoms with E-state index in [0.717, 1.165) is 38.9 Å². The summed E-state index contributed by atoms with van der Waals surface area (Å²) >= 11 is 0. The summed E-state index contributed by atoms with van der Waals surface area (Å²) in [6.07, 6.45) is 3.50. The number of nitro groups is 1. The molecule has 1 aromatic carbocycles. The molecule has 204 valence electrons. The van der Waals surface area contributed by atoms with Crippen molar-refractivity contribution in [2.75, 3.05) is 32.8 Å². The molecule has 11 heteroatoms. The van der Waals surface area contributed by atoms with Crippen LogP contribution >= 0.6 is 0 Å². The quantitative estimate of drug-likeness (QED) is 0.0968. The lowest BCUT2D eigenvalue weighted by Gasteiger charge is -2.55. The number of benzene rings is 1. The van der Waals surface area contributed by atoms with E-state index in [2.05, 4.69) is 0 Å². The van der Waals surface area contributed by atoms with Crippen LogP contribution in [0.5, 0.6) is 0 Å². The van der Waals surface area contributed by atoms with E-state index in [0.29, 0.717) is 16.7 Å². The number of nitro benzene ring substituents is 1. The molecule has 1 aromatic rings. The summed E-state index contributed by atoms with van der Waals surface area (Å²) in [7, 11) is 0. The average molecular weight is 520 g/mol. The van der Waals surface area contributed by atoms with Gasteiger partial charge in [0.2, 0.25) is 5.91 Å². The van der Waals surface area contributed by atoms with Crippen LogP contribution in [0, 0.1) is 10.1 Å². The molecular formula is C26H37N3O8. The second-order valence-electron chi connectivity index (χ2n) is 9.32. The Balaban J connectivity index is 1.79. The Morgan fingerprint density at radius 2 is 1.89 bits per heavy atom. The number of β-lactam (4-membered cyclic amide) rings is 1. The van der Waals surface area contributed by atoms with E-state index in [-0.39, 0.29) is 37.4 Å². The maximum absolute atomic E-state index is 13.3. The van der Waals surface area contributed by atoms with Crippen LogP contribution in [0.25, 0.3) is 0 Å². The number of amides is 1. The number of non-ortho nitro benzene ring substituents is 1. The van der Waals surface area contributed by atoms with Crippen LogP contribution in [0.1, 0.15) is 52.0 Å². The zero-order chi connectivity index (χ0) is 27.0. The summed E-state index contributed by atoms with van der Waals surface area (Å²) in [5.41, 5.74) is 0.445. The number of hydrogen-bond acceptors (Lipinski definition) is 8. The Kier molecular flexibility index (Phi) is 10.0. The number of quaternary nitrogens is 1. The first-order valence-corrected chi connectivity index (χ1v) is 12.9. The van der Waals surface area contributed by atoms with E-state index in [9.17, 15) is 24.8 Å². The first kappa shape index (κ1) is 28.5. The fourth-order valence-electron chi connectivity index (χ4n) is 5.00. The van der Waals surface area contributed by atoms with Crippen LogP contribution in [0.15, 0.2) is 36.1 Å². The van der Waals surface area contributed by atoms with E-state index in [1.54, 1.807) is 0 Å². The van der Waals surface area contributed by atoms with Crippen molar-refractivity contribution in [1.29, 1.82) is 0 Å². The average Bonchev–Trinajstić information content (AvgIpc) is 2.91. The van der Waals surface area contributed by atoms with Gasteiger partial charge in [0.15, 0.2) is 12.5 Å².